The van der Waals surface area contributed by atoms with Gasteiger partial charge in [-0.15, -0.1) is 0 Å². The predicted molar refractivity (Wildman–Crippen MR) is 137 cm³/mol. The topological polar surface area (TPSA) is 69.3 Å². The molecule has 2 aliphatic heterocycles. The number of nitrogens with one attached hydrogen (secondary N) is 3. The number of hydrogen-bond donors (Lipinski definition) is 3. The Morgan fingerprint density at radius 2 is 2.15 bits per heavy atom. The molecule has 3 N–H and O–H groups in total. The van der Waals surface area contributed by atoms with E-state index in [-0.39, 0.29) is 11.9 Å². The summed E-state index contributed by atoms with van der Waals surface area (Å²) in [5.41, 5.74) is 13.9. The maximum absolute atomic E-state index is 12.4. The van der Waals surface area contributed by atoms with Gasteiger partial charge in [-0.2, -0.15) is 11.3 Å². The van der Waals surface area contributed by atoms with Gasteiger partial charge < -0.3 is 5.32 Å². The van der Waals surface area contributed by atoms with E-state index in [2.05, 4.69) is 38.2 Å². The largest absolute Gasteiger partial charge is 0.352 e. The van der Waals surface area contributed by atoms with Crippen LogP contribution in [0.5, 0.6) is 0 Å². The fourth-order valence-electron chi connectivity index (χ4n) is 5.06. The second-order valence-electron chi connectivity index (χ2n) is 9.21. The maximum Gasteiger partial charge on any atom is 0.224 e. The number of benzene rings is 1. The Labute approximate surface area is 209 Å². The summed E-state index contributed by atoms with van der Waals surface area (Å²) in [6.07, 6.45) is 3.43. The number of pyridine rings is 1. The van der Waals surface area contributed by atoms with Gasteiger partial charge in [0.2, 0.25) is 5.91 Å². The lowest BCUT2D eigenvalue weighted by atomic mass is 9.91. The molecule has 6 nitrogen and oxygen atoms in total. The minimum atomic E-state index is 0.0577. The van der Waals surface area contributed by atoms with Gasteiger partial charge in [0.1, 0.15) is 0 Å². The number of hydrazine groups is 1. The molecule has 1 aromatic carbocycles. The van der Waals surface area contributed by atoms with Gasteiger partial charge in [0.15, 0.2) is 0 Å². The highest BCUT2D eigenvalue weighted by Crippen LogP contribution is 2.29. The second-order valence-corrected chi connectivity index (χ2v) is 10.4. The summed E-state index contributed by atoms with van der Waals surface area (Å²) in [6, 6.07) is 10.4. The van der Waals surface area contributed by atoms with Crippen LogP contribution in [-0.2, 0) is 30.7 Å². The molecule has 8 heteroatoms. The van der Waals surface area contributed by atoms with Crippen molar-refractivity contribution in [2.45, 2.75) is 38.9 Å². The molecule has 2 aliphatic rings. The summed E-state index contributed by atoms with van der Waals surface area (Å²) in [5.74, 6) is 0.527. The Balaban J connectivity index is 1.23. The zero-order chi connectivity index (χ0) is 23.5. The summed E-state index contributed by atoms with van der Waals surface area (Å²) < 4.78 is 0. The fourth-order valence-corrected chi connectivity index (χ4v) is 5.86. The van der Waals surface area contributed by atoms with E-state index in [1.54, 1.807) is 11.3 Å². The highest BCUT2D eigenvalue weighted by molar-refractivity contribution is 7.08. The van der Waals surface area contributed by atoms with E-state index in [1.165, 1.54) is 22.3 Å². The Morgan fingerprint density at radius 1 is 1.29 bits per heavy atom. The van der Waals surface area contributed by atoms with E-state index in [0.717, 1.165) is 48.9 Å². The first-order valence-electron chi connectivity index (χ1n) is 11.8. The molecule has 178 valence electrons. The summed E-state index contributed by atoms with van der Waals surface area (Å²) >= 11 is 7.70. The van der Waals surface area contributed by atoms with Crippen molar-refractivity contribution in [3.05, 3.63) is 85.8 Å². The van der Waals surface area contributed by atoms with Crippen LogP contribution in [0.15, 0.2) is 47.3 Å². The summed E-state index contributed by atoms with van der Waals surface area (Å²) in [5, 5.41) is 7.91. The number of fused-ring (bicyclic) bond motifs is 1. The highest BCUT2D eigenvalue weighted by atomic mass is 35.5. The predicted octanol–water partition coefficient (Wildman–Crippen LogP) is 3.79. The Bertz CT molecular complexity index is 1130. The lowest BCUT2D eigenvalue weighted by molar-refractivity contribution is -0.120. The molecule has 2 atom stereocenters. The third-order valence-electron chi connectivity index (χ3n) is 6.90. The van der Waals surface area contributed by atoms with E-state index in [0.29, 0.717) is 18.9 Å². The van der Waals surface area contributed by atoms with Crippen LogP contribution in [0.25, 0.3) is 0 Å². The third kappa shape index (κ3) is 5.34. The van der Waals surface area contributed by atoms with Crippen molar-refractivity contribution in [2.24, 2.45) is 5.92 Å². The first kappa shape index (κ1) is 23.5. The molecule has 2 unspecified atom stereocenters. The van der Waals surface area contributed by atoms with E-state index in [4.69, 9.17) is 11.6 Å². The smallest absolute Gasteiger partial charge is 0.224 e. The molecule has 0 aliphatic carbocycles. The molecule has 2 aromatic heterocycles. The third-order valence-corrected chi connectivity index (χ3v) is 7.88. The van der Waals surface area contributed by atoms with Crippen LogP contribution in [0.2, 0.25) is 5.02 Å². The summed E-state index contributed by atoms with van der Waals surface area (Å²) in [4.78, 5) is 19.6. The number of carbonyl (C=O) groups is 1. The van der Waals surface area contributed by atoms with Crippen LogP contribution in [0, 0.1) is 12.8 Å². The van der Waals surface area contributed by atoms with Crippen LogP contribution in [0.4, 0.5) is 0 Å². The van der Waals surface area contributed by atoms with E-state index < -0.39 is 0 Å². The fraction of sp³-hybridized carbons (Fsp3) is 0.385. The van der Waals surface area contributed by atoms with Crippen molar-refractivity contribution in [1.82, 2.24) is 26.1 Å². The molecule has 0 radical (unpaired) electrons. The van der Waals surface area contributed by atoms with Crippen molar-refractivity contribution >= 4 is 28.8 Å². The molecule has 34 heavy (non-hydrogen) atoms. The first-order chi connectivity index (χ1) is 16.6. The molecule has 0 bridgehead atoms. The summed E-state index contributed by atoms with van der Waals surface area (Å²) in [7, 11) is 0. The average molecular weight is 496 g/mol. The second kappa shape index (κ2) is 10.5. The van der Waals surface area contributed by atoms with Gasteiger partial charge in [-0.05, 0) is 70.1 Å². The van der Waals surface area contributed by atoms with Gasteiger partial charge in [0.05, 0.1) is 12.5 Å². The van der Waals surface area contributed by atoms with Crippen LogP contribution in [0.3, 0.4) is 0 Å². The monoisotopic (exact) mass is 495 g/mol. The van der Waals surface area contributed by atoms with E-state index in [1.807, 2.05) is 42.1 Å². The number of halogens is 1. The van der Waals surface area contributed by atoms with Crippen molar-refractivity contribution in [3.63, 3.8) is 0 Å². The maximum atomic E-state index is 12.4. The van der Waals surface area contributed by atoms with Gasteiger partial charge in [-0.25, -0.2) is 5.43 Å². The SMILES string of the molecule is Cc1ncc2c(c1CNC(=O)Cc1ccsc1)CCN(CC1CNNC1c1ccc(Cl)cc1)C2. The van der Waals surface area contributed by atoms with Crippen molar-refractivity contribution < 1.29 is 4.79 Å². The molecule has 5 rings (SSSR count). The van der Waals surface area contributed by atoms with Gasteiger partial charge >= 0.3 is 0 Å². The molecular weight excluding hydrogens is 466 g/mol. The van der Waals surface area contributed by atoms with E-state index in [9.17, 15) is 4.79 Å². The minimum absolute atomic E-state index is 0.0577. The van der Waals surface area contributed by atoms with Gasteiger partial charge in [-0.1, -0.05) is 23.7 Å². The van der Waals surface area contributed by atoms with Crippen LogP contribution < -0.4 is 16.2 Å². The number of carbonyl (C=O) groups excluding carboxylic acids is 1. The van der Waals surface area contributed by atoms with Gasteiger partial charge in [0, 0.05) is 55.6 Å². The van der Waals surface area contributed by atoms with Crippen LogP contribution >= 0.6 is 22.9 Å². The lowest BCUT2D eigenvalue weighted by Crippen LogP contribution is -2.37. The molecule has 0 saturated carbocycles. The standard InChI is InChI=1S/C26H30ClN5OS/c1-17-24(13-29-25(33)10-18-7-9-34-16-18)23-6-8-32(14-20(23)11-28-17)15-21-12-30-31-26(21)19-2-4-22(27)5-3-19/h2-5,7,9,11,16,21,26,30-31H,6,8,10,12-15H2,1H3,(H,29,33). The normalized spacial score (nSPS) is 20.3. The number of hydrogen-bond acceptors (Lipinski definition) is 6. The molecular formula is C26H30ClN5OS. The first-order valence-corrected chi connectivity index (χ1v) is 13.1. The molecule has 1 amide bonds. The molecule has 4 heterocycles. The Morgan fingerprint density at radius 3 is 2.94 bits per heavy atom. The quantitative estimate of drug-likeness (QED) is 0.465. The number of rotatable bonds is 7. The van der Waals surface area contributed by atoms with Crippen LogP contribution in [-0.4, -0.2) is 35.4 Å². The molecule has 0 spiro atoms. The van der Waals surface area contributed by atoms with Crippen molar-refractivity contribution in [2.75, 3.05) is 19.6 Å². The van der Waals surface area contributed by atoms with Crippen LogP contribution in [0.1, 0.15) is 39.6 Å². The Hall–Kier alpha value is -2.29. The Kier molecular flexibility index (Phi) is 7.27. The van der Waals surface area contributed by atoms with Gasteiger partial charge in [0.25, 0.3) is 0 Å². The van der Waals surface area contributed by atoms with Crippen molar-refractivity contribution in [3.8, 4) is 0 Å². The number of thiophene rings is 1. The zero-order valence-corrected chi connectivity index (χ0v) is 20.9. The number of aryl methyl sites for hydroxylation is 1. The average Bonchev–Trinajstić information content (AvgIpc) is 3.51. The number of amides is 1. The van der Waals surface area contributed by atoms with Gasteiger partial charge in [-0.3, -0.25) is 20.1 Å². The molecule has 1 fully saturated rings. The number of aromatic nitrogens is 1. The lowest BCUT2D eigenvalue weighted by Gasteiger charge is -2.33. The highest BCUT2D eigenvalue weighted by Gasteiger charge is 2.31. The van der Waals surface area contributed by atoms with E-state index >= 15 is 0 Å². The molecule has 3 aromatic rings. The molecule has 1 saturated heterocycles. The zero-order valence-electron chi connectivity index (χ0n) is 19.3. The summed E-state index contributed by atoms with van der Waals surface area (Å²) in [6.45, 7) is 6.43. The van der Waals surface area contributed by atoms with Crippen molar-refractivity contribution in [1.29, 1.82) is 0 Å². The number of nitrogens with zero attached hydrogens (tertiary/aromatic N) is 2. The minimum Gasteiger partial charge on any atom is -0.352 e.